The maximum absolute atomic E-state index is 11.3. The third-order valence-electron chi connectivity index (χ3n) is 4.80. The Morgan fingerprint density at radius 2 is 2.00 bits per heavy atom. The van der Waals surface area contributed by atoms with Gasteiger partial charge in [0.15, 0.2) is 0 Å². The molecule has 0 saturated carbocycles. The summed E-state index contributed by atoms with van der Waals surface area (Å²) in [5.41, 5.74) is 6.90. The van der Waals surface area contributed by atoms with E-state index in [0.717, 1.165) is 40.7 Å². The minimum Gasteiger partial charge on any atom is -0.496 e. The van der Waals surface area contributed by atoms with Gasteiger partial charge in [-0.3, -0.25) is 4.79 Å². The van der Waals surface area contributed by atoms with Crippen LogP contribution in [0.2, 0.25) is 0 Å². The molecule has 23 heavy (non-hydrogen) atoms. The molecule has 0 spiro atoms. The fourth-order valence-electron chi connectivity index (χ4n) is 3.49. The van der Waals surface area contributed by atoms with E-state index in [9.17, 15) is 4.79 Å². The summed E-state index contributed by atoms with van der Waals surface area (Å²) in [5, 5.41) is 0. The second-order valence-corrected chi connectivity index (χ2v) is 6.22. The molecule has 1 aliphatic rings. The smallest absolute Gasteiger partial charge is 0.143 e. The summed E-state index contributed by atoms with van der Waals surface area (Å²) in [5.74, 6) is 1.40. The number of carbonyl (C=O) groups is 1. The first-order valence-electron chi connectivity index (χ1n) is 8.08. The molecule has 0 aromatic heterocycles. The second-order valence-electron chi connectivity index (χ2n) is 6.22. The minimum absolute atomic E-state index is 0.559. The SMILES string of the molecule is COc1cc2c(cc1/C(=C\C=O)c1ccccc1C)C(C)CC2. The molecular weight excluding hydrogens is 284 g/mol. The molecule has 0 saturated heterocycles. The number of benzene rings is 2. The number of allylic oxidation sites excluding steroid dienone is 1. The number of rotatable bonds is 4. The highest BCUT2D eigenvalue weighted by atomic mass is 16.5. The number of hydrogen-bond donors (Lipinski definition) is 0. The highest BCUT2D eigenvalue weighted by molar-refractivity contribution is 5.92. The molecule has 0 heterocycles. The molecular formula is C21H22O2. The van der Waals surface area contributed by atoms with Crippen molar-refractivity contribution in [3.8, 4) is 5.75 Å². The van der Waals surface area contributed by atoms with Crippen molar-refractivity contribution in [1.29, 1.82) is 0 Å². The van der Waals surface area contributed by atoms with Crippen molar-refractivity contribution in [3.63, 3.8) is 0 Å². The van der Waals surface area contributed by atoms with Crippen LogP contribution in [0.25, 0.3) is 5.57 Å². The summed E-state index contributed by atoms with van der Waals surface area (Å²) in [7, 11) is 1.69. The molecule has 0 aliphatic heterocycles. The minimum atomic E-state index is 0.559. The number of aldehydes is 1. The van der Waals surface area contributed by atoms with Crippen LogP contribution in [0.5, 0.6) is 5.75 Å². The molecule has 2 aromatic rings. The Morgan fingerprint density at radius 1 is 1.22 bits per heavy atom. The fourth-order valence-corrected chi connectivity index (χ4v) is 3.49. The van der Waals surface area contributed by atoms with Crippen molar-refractivity contribution in [2.75, 3.05) is 7.11 Å². The first kappa shape index (κ1) is 15.5. The largest absolute Gasteiger partial charge is 0.496 e. The standard InChI is InChI=1S/C21H22O2/c1-14-6-4-5-7-17(14)18(10-11-22)20-13-19-15(2)8-9-16(19)12-21(20)23-3/h4-7,10-13,15H,8-9H2,1-3H3/b18-10-. The van der Waals surface area contributed by atoms with E-state index in [1.54, 1.807) is 13.2 Å². The van der Waals surface area contributed by atoms with E-state index >= 15 is 0 Å². The van der Waals surface area contributed by atoms with E-state index in [0.29, 0.717) is 5.92 Å². The lowest BCUT2D eigenvalue weighted by atomic mass is 9.90. The van der Waals surface area contributed by atoms with Gasteiger partial charge in [0, 0.05) is 5.56 Å². The average Bonchev–Trinajstić information content (AvgIpc) is 2.93. The first-order valence-corrected chi connectivity index (χ1v) is 8.08. The Balaban J connectivity index is 2.22. The zero-order valence-corrected chi connectivity index (χ0v) is 13.9. The lowest BCUT2D eigenvalue weighted by molar-refractivity contribution is -0.104. The van der Waals surface area contributed by atoms with Gasteiger partial charge in [0.1, 0.15) is 12.0 Å². The second kappa shape index (κ2) is 6.41. The molecule has 0 amide bonds. The van der Waals surface area contributed by atoms with Gasteiger partial charge in [-0.2, -0.15) is 0 Å². The maximum Gasteiger partial charge on any atom is 0.143 e. The van der Waals surface area contributed by atoms with Crippen LogP contribution >= 0.6 is 0 Å². The number of hydrogen-bond acceptors (Lipinski definition) is 2. The van der Waals surface area contributed by atoms with Gasteiger partial charge in [0.2, 0.25) is 0 Å². The maximum atomic E-state index is 11.3. The highest BCUT2D eigenvalue weighted by Gasteiger charge is 2.23. The molecule has 118 valence electrons. The molecule has 0 radical (unpaired) electrons. The van der Waals surface area contributed by atoms with Crippen LogP contribution in [0.3, 0.4) is 0 Å². The molecule has 1 unspecified atom stereocenters. The average molecular weight is 306 g/mol. The van der Waals surface area contributed by atoms with Crippen molar-refractivity contribution < 1.29 is 9.53 Å². The predicted molar refractivity (Wildman–Crippen MR) is 94.1 cm³/mol. The number of fused-ring (bicyclic) bond motifs is 1. The fraction of sp³-hybridized carbons (Fsp3) is 0.286. The van der Waals surface area contributed by atoms with Gasteiger partial charge in [-0.15, -0.1) is 0 Å². The van der Waals surface area contributed by atoms with Gasteiger partial charge < -0.3 is 4.74 Å². The van der Waals surface area contributed by atoms with Crippen LogP contribution in [-0.4, -0.2) is 13.4 Å². The molecule has 2 heteroatoms. The quantitative estimate of drug-likeness (QED) is 0.605. The molecule has 1 aliphatic carbocycles. The molecule has 2 aromatic carbocycles. The van der Waals surface area contributed by atoms with Gasteiger partial charge in [0.25, 0.3) is 0 Å². The Kier molecular flexibility index (Phi) is 4.33. The predicted octanol–water partition coefficient (Wildman–Crippen LogP) is 4.68. The molecule has 2 nitrogen and oxygen atoms in total. The van der Waals surface area contributed by atoms with Crippen molar-refractivity contribution in [2.24, 2.45) is 0 Å². The van der Waals surface area contributed by atoms with Crippen molar-refractivity contribution in [3.05, 3.63) is 70.3 Å². The van der Waals surface area contributed by atoms with Gasteiger partial charge in [0.05, 0.1) is 7.11 Å². The summed E-state index contributed by atoms with van der Waals surface area (Å²) < 4.78 is 5.64. The highest BCUT2D eigenvalue weighted by Crippen LogP contribution is 2.40. The van der Waals surface area contributed by atoms with E-state index in [2.05, 4.69) is 38.1 Å². The zero-order valence-electron chi connectivity index (χ0n) is 13.9. The third-order valence-corrected chi connectivity index (χ3v) is 4.80. The number of carbonyl (C=O) groups excluding carboxylic acids is 1. The Labute approximate surface area is 137 Å². The van der Waals surface area contributed by atoms with E-state index in [1.807, 2.05) is 12.1 Å². The summed E-state index contributed by atoms with van der Waals surface area (Å²) in [4.78, 5) is 11.3. The molecule has 0 fully saturated rings. The first-order chi connectivity index (χ1) is 11.2. The van der Waals surface area contributed by atoms with Crippen molar-refractivity contribution >= 4 is 11.9 Å². The van der Waals surface area contributed by atoms with E-state index in [4.69, 9.17) is 4.74 Å². The number of aryl methyl sites for hydroxylation is 2. The van der Waals surface area contributed by atoms with Crippen LogP contribution in [0.4, 0.5) is 0 Å². The lowest BCUT2D eigenvalue weighted by Gasteiger charge is -2.17. The summed E-state index contributed by atoms with van der Waals surface area (Å²) >= 11 is 0. The van der Waals surface area contributed by atoms with Crippen LogP contribution in [0.15, 0.2) is 42.5 Å². The van der Waals surface area contributed by atoms with Gasteiger partial charge in [-0.1, -0.05) is 31.2 Å². The normalized spacial score (nSPS) is 17.0. The van der Waals surface area contributed by atoms with E-state index < -0.39 is 0 Å². The molecule has 0 N–H and O–H groups in total. The third kappa shape index (κ3) is 2.81. The van der Waals surface area contributed by atoms with Gasteiger partial charge >= 0.3 is 0 Å². The van der Waals surface area contributed by atoms with Gasteiger partial charge in [-0.05, 0) is 71.7 Å². The Hall–Kier alpha value is -2.35. The van der Waals surface area contributed by atoms with Crippen LogP contribution in [0.1, 0.15) is 47.1 Å². The summed E-state index contributed by atoms with van der Waals surface area (Å²) in [6, 6.07) is 12.5. The lowest BCUT2D eigenvalue weighted by Crippen LogP contribution is -1.99. The van der Waals surface area contributed by atoms with Crippen LogP contribution in [0, 0.1) is 6.92 Å². The molecule has 0 bridgehead atoms. The number of ether oxygens (including phenoxy) is 1. The summed E-state index contributed by atoms with van der Waals surface area (Å²) in [6.07, 6.45) is 4.79. The van der Waals surface area contributed by atoms with Gasteiger partial charge in [-0.25, -0.2) is 0 Å². The van der Waals surface area contributed by atoms with E-state index in [1.165, 1.54) is 17.5 Å². The van der Waals surface area contributed by atoms with Crippen molar-refractivity contribution in [1.82, 2.24) is 0 Å². The van der Waals surface area contributed by atoms with Crippen molar-refractivity contribution in [2.45, 2.75) is 32.6 Å². The van der Waals surface area contributed by atoms with Crippen LogP contribution in [-0.2, 0) is 11.2 Å². The topological polar surface area (TPSA) is 26.3 Å². The zero-order chi connectivity index (χ0) is 16.4. The monoisotopic (exact) mass is 306 g/mol. The Bertz CT molecular complexity index is 771. The Morgan fingerprint density at radius 3 is 2.70 bits per heavy atom. The van der Waals surface area contributed by atoms with E-state index in [-0.39, 0.29) is 0 Å². The molecule has 1 atom stereocenters. The summed E-state index contributed by atoms with van der Waals surface area (Å²) in [6.45, 7) is 4.33. The molecule has 3 rings (SSSR count). The number of methoxy groups -OCH3 is 1. The van der Waals surface area contributed by atoms with Crippen LogP contribution < -0.4 is 4.74 Å².